The monoisotopic (exact) mass is 213 g/mol. The Balaban J connectivity index is 2.64. The van der Waals surface area contributed by atoms with Gasteiger partial charge in [-0.25, -0.2) is 0 Å². The van der Waals surface area contributed by atoms with Crippen LogP contribution in [0.5, 0.6) is 0 Å². The molecule has 0 heterocycles. The van der Waals surface area contributed by atoms with Gasteiger partial charge in [0.05, 0.1) is 6.10 Å². The molecule has 1 fully saturated rings. The van der Waals surface area contributed by atoms with Gasteiger partial charge in [-0.3, -0.25) is 4.79 Å². The average molecular weight is 213 g/mol. The summed E-state index contributed by atoms with van der Waals surface area (Å²) in [6.45, 7) is 4.26. The van der Waals surface area contributed by atoms with E-state index in [1.807, 2.05) is 0 Å². The van der Waals surface area contributed by atoms with E-state index in [-0.39, 0.29) is 11.3 Å². The molecule has 3 heteroatoms. The van der Waals surface area contributed by atoms with Crippen LogP contribution in [0.1, 0.15) is 46.0 Å². The predicted molar refractivity (Wildman–Crippen MR) is 60.5 cm³/mol. The van der Waals surface area contributed by atoms with Crippen LogP contribution in [-0.2, 0) is 4.79 Å². The summed E-state index contributed by atoms with van der Waals surface area (Å²) in [6.07, 6.45) is 4.87. The van der Waals surface area contributed by atoms with E-state index in [0.29, 0.717) is 6.54 Å². The van der Waals surface area contributed by atoms with Gasteiger partial charge in [0.1, 0.15) is 0 Å². The fraction of sp³-hybridized carbons (Fsp3) is 0.917. The third kappa shape index (κ3) is 2.71. The molecule has 1 unspecified atom stereocenters. The van der Waals surface area contributed by atoms with E-state index in [2.05, 4.69) is 6.92 Å². The van der Waals surface area contributed by atoms with Crippen LogP contribution in [0.2, 0.25) is 0 Å². The molecule has 1 amide bonds. The van der Waals surface area contributed by atoms with Crippen LogP contribution in [-0.4, -0.2) is 35.6 Å². The Bertz CT molecular complexity index is 220. The molecule has 0 radical (unpaired) electrons. The van der Waals surface area contributed by atoms with Crippen molar-refractivity contribution in [3.63, 3.8) is 0 Å². The van der Waals surface area contributed by atoms with E-state index < -0.39 is 6.10 Å². The molecule has 1 aliphatic rings. The minimum Gasteiger partial charge on any atom is -0.392 e. The molecular formula is C12H23NO2. The minimum absolute atomic E-state index is 0.121. The van der Waals surface area contributed by atoms with Crippen LogP contribution in [0.15, 0.2) is 0 Å². The molecule has 0 aromatic carbocycles. The summed E-state index contributed by atoms with van der Waals surface area (Å²) in [4.78, 5) is 13.9. The van der Waals surface area contributed by atoms with Gasteiger partial charge >= 0.3 is 0 Å². The lowest BCUT2D eigenvalue weighted by atomic mass is 9.82. The topological polar surface area (TPSA) is 40.5 Å². The zero-order valence-electron chi connectivity index (χ0n) is 10.1. The van der Waals surface area contributed by atoms with Gasteiger partial charge in [0.25, 0.3) is 0 Å². The SMILES string of the molecule is CCC1(C(=O)N(C)CC(C)O)CCCC1. The van der Waals surface area contributed by atoms with E-state index in [9.17, 15) is 9.90 Å². The summed E-state index contributed by atoms with van der Waals surface area (Å²) >= 11 is 0. The van der Waals surface area contributed by atoms with Crippen LogP contribution in [0.4, 0.5) is 0 Å². The van der Waals surface area contributed by atoms with Crippen molar-refractivity contribution in [3.05, 3.63) is 0 Å². The second kappa shape index (κ2) is 4.97. The van der Waals surface area contributed by atoms with Gasteiger partial charge in [-0.05, 0) is 26.2 Å². The Morgan fingerprint density at radius 2 is 2.00 bits per heavy atom. The van der Waals surface area contributed by atoms with Gasteiger partial charge in [-0.1, -0.05) is 19.8 Å². The quantitative estimate of drug-likeness (QED) is 0.773. The van der Waals surface area contributed by atoms with Gasteiger partial charge in [-0.15, -0.1) is 0 Å². The largest absolute Gasteiger partial charge is 0.392 e. The maximum absolute atomic E-state index is 12.2. The fourth-order valence-corrected chi connectivity index (χ4v) is 2.65. The number of nitrogens with zero attached hydrogens (tertiary/aromatic N) is 1. The second-order valence-corrected chi connectivity index (χ2v) is 4.88. The predicted octanol–water partition coefficient (Wildman–Crippen LogP) is 1.80. The van der Waals surface area contributed by atoms with E-state index in [0.717, 1.165) is 19.3 Å². The number of hydrogen-bond acceptors (Lipinski definition) is 2. The van der Waals surface area contributed by atoms with E-state index >= 15 is 0 Å². The van der Waals surface area contributed by atoms with Crippen LogP contribution < -0.4 is 0 Å². The lowest BCUT2D eigenvalue weighted by Crippen LogP contribution is -2.42. The molecule has 1 saturated carbocycles. The van der Waals surface area contributed by atoms with E-state index in [1.165, 1.54) is 12.8 Å². The van der Waals surface area contributed by atoms with E-state index in [4.69, 9.17) is 0 Å². The third-order valence-electron chi connectivity index (χ3n) is 3.58. The summed E-state index contributed by atoms with van der Waals surface area (Å²) < 4.78 is 0. The zero-order chi connectivity index (χ0) is 11.5. The van der Waals surface area contributed by atoms with Gasteiger partial charge in [0.2, 0.25) is 5.91 Å². The standard InChI is InChI=1S/C12H23NO2/c1-4-12(7-5-6-8-12)11(15)13(3)9-10(2)14/h10,14H,4-9H2,1-3H3. The van der Waals surface area contributed by atoms with Gasteiger partial charge in [0.15, 0.2) is 0 Å². The Labute approximate surface area is 92.5 Å². The summed E-state index contributed by atoms with van der Waals surface area (Å²) in [5, 5.41) is 9.28. The van der Waals surface area contributed by atoms with Crippen LogP contribution >= 0.6 is 0 Å². The first-order valence-electron chi connectivity index (χ1n) is 5.95. The van der Waals surface area contributed by atoms with Crippen molar-refractivity contribution >= 4 is 5.91 Å². The van der Waals surface area contributed by atoms with Crippen molar-refractivity contribution in [3.8, 4) is 0 Å². The molecule has 0 bridgehead atoms. The molecule has 1 atom stereocenters. The highest BCUT2D eigenvalue weighted by molar-refractivity contribution is 5.82. The van der Waals surface area contributed by atoms with Gasteiger partial charge in [-0.2, -0.15) is 0 Å². The molecule has 0 aromatic rings. The Hall–Kier alpha value is -0.570. The summed E-state index contributed by atoms with van der Waals surface area (Å²) in [7, 11) is 1.80. The number of rotatable bonds is 4. The highest BCUT2D eigenvalue weighted by atomic mass is 16.3. The molecular weight excluding hydrogens is 190 g/mol. The molecule has 0 aliphatic heterocycles. The number of aliphatic hydroxyl groups excluding tert-OH is 1. The fourth-order valence-electron chi connectivity index (χ4n) is 2.65. The molecule has 15 heavy (non-hydrogen) atoms. The number of carbonyl (C=O) groups is 1. The maximum Gasteiger partial charge on any atom is 0.228 e. The number of aliphatic hydroxyl groups is 1. The zero-order valence-corrected chi connectivity index (χ0v) is 10.1. The van der Waals surface area contributed by atoms with Crippen molar-refractivity contribution in [2.75, 3.05) is 13.6 Å². The first-order chi connectivity index (χ1) is 7.02. The number of hydrogen-bond donors (Lipinski definition) is 1. The number of carbonyl (C=O) groups excluding carboxylic acids is 1. The minimum atomic E-state index is -0.436. The average Bonchev–Trinajstić information content (AvgIpc) is 2.65. The second-order valence-electron chi connectivity index (χ2n) is 4.88. The Morgan fingerprint density at radius 3 is 2.40 bits per heavy atom. The lowest BCUT2D eigenvalue weighted by molar-refractivity contribution is -0.142. The molecule has 1 aliphatic carbocycles. The van der Waals surface area contributed by atoms with Crippen molar-refractivity contribution in [1.29, 1.82) is 0 Å². The summed E-state index contributed by atoms with van der Waals surface area (Å²) in [5.74, 6) is 0.225. The van der Waals surface area contributed by atoms with E-state index in [1.54, 1.807) is 18.9 Å². The van der Waals surface area contributed by atoms with Crippen LogP contribution in [0, 0.1) is 5.41 Å². The highest BCUT2D eigenvalue weighted by Crippen LogP contribution is 2.42. The molecule has 88 valence electrons. The van der Waals surface area contributed by atoms with Crippen LogP contribution in [0.25, 0.3) is 0 Å². The van der Waals surface area contributed by atoms with Crippen molar-refractivity contribution in [1.82, 2.24) is 4.90 Å². The summed E-state index contributed by atoms with van der Waals surface area (Å²) in [6, 6.07) is 0. The number of amides is 1. The van der Waals surface area contributed by atoms with Gasteiger partial charge in [0, 0.05) is 19.0 Å². The molecule has 0 aromatic heterocycles. The number of likely N-dealkylation sites (N-methyl/N-ethyl adjacent to an activating group) is 1. The third-order valence-corrected chi connectivity index (χ3v) is 3.58. The Kier molecular flexibility index (Phi) is 4.14. The Morgan fingerprint density at radius 1 is 1.47 bits per heavy atom. The first-order valence-corrected chi connectivity index (χ1v) is 5.95. The lowest BCUT2D eigenvalue weighted by Gasteiger charge is -2.32. The smallest absolute Gasteiger partial charge is 0.228 e. The summed E-state index contributed by atoms with van der Waals surface area (Å²) in [5.41, 5.74) is -0.121. The first kappa shape index (κ1) is 12.5. The van der Waals surface area contributed by atoms with Crippen LogP contribution in [0.3, 0.4) is 0 Å². The van der Waals surface area contributed by atoms with Crippen molar-refractivity contribution < 1.29 is 9.90 Å². The van der Waals surface area contributed by atoms with Crippen molar-refractivity contribution in [2.24, 2.45) is 5.41 Å². The normalized spacial score (nSPS) is 21.3. The van der Waals surface area contributed by atoms with Crippen molar-refractivity contribution in [2.45, 2.75) is 52.1 Å². The molecule has 1 rings (SSSR count). The highest BCUT2D eigenvalue weighted by Gasteiger charge is 2.40. The maximum atomic E-state index is 12.2. The molecule has 0 saturated heterocycles. The molecule has 0 spiro atoms. The molecule has 1 N–H and O–H groups in total. The molecule has 3 nitrogen and oxygen atoms in total. The van der Waals surface area contributed by atoms with Gasteiger partial charge < -0.3 is 10.0 Å².